The highest BCUT2D eigenvalue weighted by molar-refractivity contribution is 5.73. The van der Waals surface area contributed by atoms with E-state index in [1.165, 1.54) is 29.7 Å². The van der Waals surface area contributed by atoms with E-state index in [9.17, 15) is 0 Å². The van der Waals surface area contributed by atoms with Crippen LogP contribution in [0.25, 0.3) is 5.57 Å². The third-order valence-electron chi connectivity index (χ3n) is 3.57. The van der Waals surface area contributed by atoms with E-state index in [4.69, 9.17) is 0 Å². The van der Waals surface area contributed by atoms with Gasteiger partial charge in [0, 0.05) is 13.1 Å². The van der Waals surface area contributed by atoms with Gasteiger partial charge in [0.1, 0.15) is 0 Å². The van der Waals surface area contributed by atoms with Gasteiger partial charge >= 0.3 is 0 Å². The van der Waals surface area contributed by atoms with Crippen LogP contribution < -0.4 is 5.32 Å². The summed E-state index contributed by atoms with van der Waals surface area (Å²) in [5.74, 6) is 0.768. The average molecular weight is 185 g/mol. The van der Waals surface area contributed by atoms with Gasteiger partial charge in [0.25, 0.3) is 0 Å². The Balaban J connectivity index is 2.18. The molecule has 0 saturated carbocycles. The number of allylic oxidation sites excluding steroid dienone is 1. The van der Waals surface area contributed by atoms with Gasteiger partial charge in [-0.05, 0) is 41.5 Å². The Hall–Kier alpha value is -1.08. The van der Waals surface area contributed by atoms with Crippen LogP contribution in [0.3, 0.4) is 0 Å². The second-order valence-electron chi connectivity index (χ2n) is 4.34. The first-order valence-electron chi connectivity index (χ1n) is 5.35. The third-order valence-corrected chi connectivity index (χ3v) is 3.57. The van der Waals surface area contributed by atoms with Crippen LogP contribution in [-0.2, 0) is 6.42 Å². The molecule has 1 fully saturated rings. The quantitative estimate of drug-likeness (QED) is 0.653. The molecule has 1 aliphatic heterocycles. The van der Waals surface area contributed by atoms with Crippen molar-refractivity contribution in [3.05, 3.63) is 41.0 Å². The topological polar surface area (TPSA) is 12.0 Å². The number of hydrogen-bond acceptors (Lipinski definition) is 1. The predicted octanol–water partition coefficient (Wildman–Crippen LogP) is 2.24. The summed E-state index contributed by atoms with van der Waals surface area (Å²) < 4.78 is 0. The maximum atomic E-state index is 3.47. The second-order valence-corrected chi connectivity index (χ2v) is 4.34. The lowest BCUT2D eigenvalue weighted by atomic mass is 9.81. The molecule has 0 radical (unpaired) electrons. The molecule has 3 rings (SSSR count). The van der Waals surface area contributed by atoms with Gasteiger partial charge in [-0.1, -0.05) is 24.3 Å². The molecule has 1 saturated heterocycles. The number of nitrogens with one attached hydrogen (secondary N) is 1. The fourth-order valence-electron chi connectivity index (χ4n) is 2.79. The van der Waals surface area contributed by atoms with Crippen LogP contribution in [0.2, 0.25) is 0 Å². The van der Waals surface area contributed by atoms with Crippen molar-refractivity contribution in [3.63, 3.8) is 0 Å². The average Bonchev–Trinajstić information content (AvgIpc) is 2.66. The summed E-state index contributed by atoms with van der Waals surface area (Å²) in [6, 6.07) is 8.82. The number of hydrogen-bond donors (Lipinski definition) is 1. The summed E-state index contributed by atoms with van der Waals surface area (Å²) >= 11 is 0. The van der Waals surface area contributed by atoms with Gasteiger partial charge in [-0.15, -0.1) is 0 Å². The molecule has 14 heavy (non-hydrogen) atoms. The minimum Gasteiger partial charge on any atom is -0.312 e. The van der Waals surface area contributed by atoms with Gasteiger partial charge in [0.15, 0.2) is 0 Å². The maximum absolute atomic E-state index is 3.47. The first-order valence-corrected chi connectivity index (χ1v) is 5.35. The molecule has 1 aliphatic carbocycles. The van der Waals surface area contributed by atoms with E-state index >= 15 is 0 Å². The molecule has 0 amide bonds. The Labute approximate surface area is 84.8 Å². The highest BCUT2D eigenvalue weighted by Crippen LogP contribution is 2.35. The molecule has 1 aromatic rings. The Morgan fingerprint density at radius 2 is 2.14 bits per heavy atom. The van der Waals surface area contributed by atoms with Crippen molar-refractivity contribution in [1.29, 1.82) is 0 Å². The first kappa shape index (κ1) is 8.25. The molecule has 1 heterocycles. The summed E-state index contributed by atoms with van der Waals surface area (Å²) in [6.45, 7) is 4.54. The largest absolute Gasteiger partial charge is 0.312 e. The maximum Gasteiger partial charge on any atom is 0.0174 e. The van der Waals surface area contributed by atoms with Gasteiger partial charge in [-0.2, -0.15) is 0 Å². The molecule has 72 valence electrons. The van der Waals surface area contributed by atoms with Crippen LogP contribution >= 0.6 is 0 Å². The highest BCUT2D eigenvalue weighted by Gasteiger charge is 2.27. The molecule has 1 aromatic carbocycles. The molecule has 1 heteroatoms. The van der Waals surface area contributed by atoms with E-state index in [-0.39, 0.29) is 0 Å². The summed E-state index contributed by atoms with van der Waals surface area (Å²) in [5, 5.41) is 3.47. The molecule has 1 atom stereocenters. The number of rotatable bonds is 0. The van der Waals surface area contributed by atoms with Gasteiger partial charge in [-0.25, -0.2) is 0 Å². The molecule has 1 nitrogen and oxygen atoms in total. The van der Waals surface area contributed by atoms with Crippen molar-refractivity contribution in [2.45, 2.75) is 13.3 Å². The lowest BCUT2D eigenvalue weighted by molar-refractivity contribution is 0.642. The van der Waals surface area contributed by atoms with Crippen LogP contribution in [0.1, 0.15) is 18.1 Å². The Morgan fingerprint density at radius 1 is 1.29 bits per heavy atom. The van der Waals surface area contributed by atoms with Crippen molar-refractivity contribution in [2.24, 2.45) is 5.92 Å². The zero-order valence-electron chi connectivity index (χ0n) is 8.51. The summed E-state index contributed by atoms with van der Waals surface area (Å²) in [7, 11) is 0. The van der Waals surface area contributed by atoms with Crippen LogP contribution in [0.5, 0.6) is 0 Å². The Bertz CT molecular complexity index is 403. The van der Waals surface area contributed by atoms with E-state index in [1.54, 1.807) is 5.57 Å². The lowest BCUT2D eigenvalue weighted by Crippen LogP contribution is -2.15. The zero-order valence-corrected chi connectivity index (χ0v) is 8.51. The number of benzene rings is 1. The van der Waals surface area contributed by atoms with Crippen molar-refractivity contribution in [1.82, 2.24) is 5.32 Å². The second kappa shape index (κ2) is 2.96. The van der Waals surface area contributed by atoms with Crippen LogP contribution in [-0.4, -0.2) is 13.1 Å². The molecule has 0 aromatic heterocycles. The molecule has 2 aliphatic rings. The van der Waals surface area contributed by atoms with E-state index in [0.717, 1.165) is 12.5 Å². The summed E-state index contributed by atoms with van der Waals surface area (Å²) in [6.07, 6.45) is 1.23. The molecule has 0 bridgehead atoms. The van der Waals surface area contributed by atoms with Crippen LogP contribution in [0, 0.1) is 5.92 Å². The Morgan fingerprint density at radius 3 is 3.07 bits per heavy atom. The van der Waals surface area contributed by atoms with Crippen LogP contribution in [0.15, 0.2) is 29.8 Å². The SMILES string of the molecule is CC1=C2CNCC2Cc2ccccc21. The monoisotopic (exact) mass is 185 g/mol. The minimum absolute atomic E-state index is 0.768. The van der Waals surface area contributed by atoms with Crippen molar-refractivity contribution in [2.75, 3.05) is 13.1 Å². The first-order chi connectivity index (χ1) is 6.86. The van der Waals surface area contributed by atoms with E-state index < -0.39 is 0 Å². The van der Waals surface area contributed by atoms with Crippen molar-refractivity contribution >= 4 is 5.57 Å². The van der Waals surface area contributed by atoms with Crippen molar-refractivity contribution in [3.8, 4) is 0 Å². The number of fused-ring (bicyclic) bond motifs is 2. The molecule has 0 spiro atoms. The molecule has 1 N–H and O–H groups in total. The third kappa shape index (κ3) is 1.05. The normalized spacial score (nSPS) is 24.8. The Kier molecular flexibility index (Phi) is 1.74. The van der Waals surface area contributed by atoms with Gasteiger partial charge in [0.2, 0.25) is 0 Å². The molecular formula is C13H15N. The van der Waals surface area contributed by atoms with E-state index in [0.29, 0.717) is 0 Å². The smallest absolute Gasteiger partial charge is 0.0174 e. The van der Waals surface area contributed by atoms with Gasteiger partial charge < -0.3 is 5.32 Å². The standard InChI is InChI=1S/C13H15N/c1-9-12-5-3-2-4-10(12)6-11-7-14-8-13(9)11/h2-5,11,14H,6-8H2,1H3. The predicted molar refractivity (Wildman–Crippen MR) is 59.1 cm³/mol. The summed E-state index contributed by atoms with van der Waals surface area (Å²) in [5.41, 5.74) is 6.16. The lowest BCUT2D eigenvalue weighted by Gasteiger charge is -2.23. The van der Waals surface area contributed by atoms with Crippen LogP contribution in [0.4, 0.5) is 0 Å². The highest BCUT2D eigenvalue weighted by atomic mass is 14.9. The van der Waals surface area contributed by atoms with Gasteiger partial charge in [-0.3, -0.25) is 0 Å². The fourth-order valence-corrected chi connectivity index (χ4v) is 2.79. The molecule has 1 unspecified atom stereocenters. The van der Waals surface area contributed by atoms with E-state index in [2.05, 4.69) is 36.5 Å². The minimum atomic E-state index is 0.768. The van der Waals surface area contributed by atoms with E-state index in [1.807, 2.05) is 0 Å². The van der Waals surface area contributed by atoms with Crippen molar-refractivity contribution < 1.29 is 0 Å². The summed E-state index contributed by atoms with van der Waals surface area (Å²) in [4.78, 5) is 0. The van der Waals surface area contributed by atoms with Gasteiger partial charge in [0.05, 0.1) is 0 Å². The zero-order chi connectivity index (χ0) is 9.54. The fraction of sp³-hybridized carbons (Fsp3) is 0.385. The molecular weight excluding hydrogens is 170 g/mol.